The first kappa shape index (κ1) is 12.9. The maximum atomic E-state index is 6.33. The molecule has 96 valence electrons. The molecule has 0 fully saturated rings. The van der Waals surface area contributed by atoms with Crippen molar-refractivity contribution >= 4 is 38.0 Å². The van der Waals surface area contributed by atoms with Gasteiger partial charge in [0.2, 0.25) is 0 Å². The fraction of sp³-hybridized carbons (Fsp3) is 0.125. The molecule has 0 aliphatic rings. The van der Waals surface area contributed by atoms with Gasteiger partial charge in [0.25, 0.3) is 0 Å². The molecule has 2 aromatic carbocycles. The second kappa shape index (κ2) is 5.45. The Balaban J connectivity index is 1.89. The molecular weight excluding hydrogens is 318 g/mol. The van der Waals surface area contributed by atoms with Crippen molar-refractivity contribution < 1.29 is 0 Å². The number of nitrogens with two attached hydrogens (primary N) is 1. The van der Waals surface area contributed by atoms with Gasteiger partial charge in [0.05, 0.1) is 0 Å². The normalized spacial score (nSPS) is 12.7. The van der Waals surface area contributed by atoms with Gasteiger partial charge in [-0.05, 0) is 49.8 Å². The van der Waals surface area contributed by atoms with Gasteiger partial charge in [-0.25, -0.2) is 0 Å². The Hall–Kier alpha value is -1.16. The molecule has 1 nitrogen and oxygen atoms in total. The molecule has 0 radical (unpaired) electrons. The van der Waals surface area contributed by atoms with Crippen LogP contribution in [-0.2, 0) is 6.42 Å². The van der Waals surface area contributed by atoms with E-state index in [1.165, 1.54) is 21.2 Å². The van der Waals surface area contributed by atoms with Gasteiger partial charge in [-0.15, -0.1) is 11.3 Å². The summed E-state index contributed by atoms with van der Waals surface area (Å²) >= 11 is 5.31. The van der Waals surface area contributed by atoms with Crippen LogP contribution in [0.25, 0.3) is 10.8 Å². The molecule has 1 aromatic heterocycles. The summed E-state index contributed by atoms with van der Waals surface area (Å²) in [6.45, 7) is 0. The van der Waals surface area contributed by atoms with Gasteiger partial charge in [0.1, 0.15) is 0 Å². The zero-order valence-corrected chi connectivity index (χ0v) is 12.7. The van der Waals surface area contributed by atoms with E-state index in [0.717, 1.165) is 10.9 Å². The van der Waals surface area contributed by atoms with Gasteiger partial charge >= 0.3 is 0 Å². The summed E-state index contributed by atoms with van der Waals surface area (Å²) in [6, 6.07) is 17.0. The topological polar surface area (TPSA) is 26.0 Å². The van der Waals surface area contributed by atoms with Crippen LogP contribution < -0.4 is 5.73 Å². The summed E-state index contributed by atoms with van der Waals surface area (Å²) in [5, 5.41) is 4.60. The molecule has 0 aliphatic carbocycles. The van der Waals surface area contributed by atoms with Crippen LogP contribution in [0, 0.1) is 0 Å². The highest BCUT2D eigenvalue weighted by atomic mass is 79.9. The first-order valence-corrected chi connectivity index (χ1v) is 7.87. The van der Waals surface area contributed by atoms with Crippen molar-refractivity contribution in [2.75, 3.05) is 0 Å². The average molecular weight is 332 g/mol. The van der Waals surface area contributed by atoms with Crippen LogP contribution in [0.2, 0.25) is 0 Å². The van der Waals surface area contributed by atoms with Gasteiger partial charge in [-0.1, -0.05) is 36.4 Å². The summed E-state index contributed by atoms with van der Waals surface area (Å²) in [5.74, 6) is 0. The third-order valence-corrected chi connectivity index (χ3v) is 5.25. The van der Waals surface area contributed by atoms with Crippen molar-refractivity contribution in [1.82, 2.24) is 0 Å². The number of benzene rings is 2. The van der Waals surface area contributed by atoms with Gasteiger partial charge in [0, 0.05) is 21.8 Å². The summed E-state index contributed by atoms with van der Waals surface area (Å²) in [6.07, 6.45) is 0.872. The predicted octanol–water partition coefficient (Wildman–Crippen LogP) is 4.91. The average Bonchev–Trinajstić information content (AvgIpc) is 2.84. The Morgan fingerprint density at radius 2 is 1.84 bits per heavy atom. The molecule has 2 N–H and O–H groups in total. The van der Waals surface area contributed by atoms with Crippen LogP contribution in [0.3, 0.4) is 0 Å². The number of fused-ring (bicyclic) bond motifs is 1. The lowest BCUT2D eigenvalue weighted by Gasteiger charge is -2.12. The van der Waals surface area contributed by atoms with Crippen molar-refractivity contribution in [2.45, 2.75) is 12.5 Å². The molecular formula is C16H14BrNS. The maximum Gasteiger partial charge on any atom is 0.0344 e. The minimum atomic E-state index is 0.0413. The number of rotatable bonds is 3. The first-order chi connectivity index (χ1) is 9.24. The Bertz CT molecular complexity index is 705. The van der Waals surface area contributed by atoms with Crippen LogP contribution in [0.4, 0.5) is 0 Å². The van der Waals surface area contributed by atoms with Crippen molar-refractivity contribution in [3.63, 3.8) is 0 Å². The Morgan fingerprint density at radius 3 is 2.58 bits per heavy atom. The monoisotopic (exact) mass is 331 g/mol. The molecule has 1 unspecified atom stereocenters. The molecule has 3 heteroatoms. The lowest BCUT2D eigenvalue weighted by atomic mass is 10.00. The zero-order chi connectivity index (χ0) is 13.2. The second-order valence-electron chi connectivity index (χ2n) is 4.61. The molecule has 0 saturated heterocycles. The number of hydrogen-bond acceptors (Lipinski definition) is 2. The van der Waals surface area contributed by atoms with Gasteiger partial charge in [0.15, 0.2) is 0 Å². The van der Waals surface area contributed by atoms with E-state index in [2.05, 4.69) is 69.8 Å². The number of hydrogen-bond donors (Lipinski definition) is 1. The van der Waals surface area contributed by atoms with E-state index < -0.39 is 0 Å². The van der Waals surface area contributed by atoms with E-state index in [1.54, 1.807) is 11.3 Å². The van der Waals surface area contributed by atoms with Crippen molar-refractivity contribution in [3.05, 3.63) is 68.8 Å². The number of thiophene rings is 1. The van der Waals surface area contributed by atoms with Crippen LogP contribution in [0.5, 0.6) is 0 Å². The summed E-state index contributed by atoms with van der Waals surface area (Å²) in [7, 11) is 0. The van der Waals surface area contributed by atoms with Crippen LogP contribution in [0.1, 0.15) is 16.5 Å². The Labute approximate surface area is 125 Å². The smallest absolute Gasteiger partial charge is 0.0344 e. The first-order valence-electron chi connectivity index (χ1n) is 6.20. The zero-order valence-electron chi connectivity index (χ0n) is 10.3. The Kier molecular flexibility index (Phi) is 3.69. The summed E-state index contributed by atoms with van der Waals surface area (Å²) < 4.78 is 1.16. The van der Waals surface area contributed by atoms with Gasteiger partial charge < -0.3 is 5.73 Å². The third kappa shape index (κ3) is 2.73. The van der Waals surface area contributed by atoms with E-state index in [-0.39, 0.29) is 6.04 Å². The fourth-order valence-electron chi connectivity index (χ4n) is 2.23. The molecule has 3 rings (SSSR count). The van der Waals surface area contributed by atoms with E-state index in [1.807, 2.05) is 0 Å². The van der Waals surface area contributed by atoms with Gasteiger partial charge in [-0.3, -0.25) is 0 Å². The van der Waals surface area contributed by atoms with Gasteiger partial charge in [-0.2, -0.15) is 0 Å². The van der Waals surface area contributed by atoms with Crippen molar-refractivity contribution in [3.8, 4) is 0 Å². The lowest BCUT2D eigenvalue weighted by Crippen LogP contribution is -2.12. The van der Waals surface area contributed by atoms with Crippen LogP contribution in [0.15, 0.2) is 58.4 Å². The Morgan fingerprint density at radius 1 is 1.05 bits per heavy atom. The molecule has 1 heterocycles. The molecule has 0 amide bonds. The molecule has 3 aromatic rings. The molecule has 0 saturated carbocycles. The fourth-order valence-corrected chi connectivity index (χ4v) is 3.80. The quantitative estimate of drug-likeness (QED) is 0.725. The maximum absolute atomic E-state index is 6.33. The SMILES string of the molecule is NC(Cc1sccc1Br)c1ccc2ccccc2c1. The van der Waals surface area contributed by atoms with E-state index in [9.17, 15) is 0 Å². The summed E-state index contributed by atoms with van der Waals surface area (Å²) in [5.41, 5.74) is 7.53. The minimum Gasteiger partial charge on any atom is -0.324 e. The lowest BCUT2D eigenvalue weighted by molar-refractivity contribution is 0.730. The highest BCUT2D eigenvalue weighted by molar-refractivity contribution is 9.10. The van der Waals surface area contributed by atoms with E-state index >= 15 is 0 Å². The van der Waals surface area contributed by atoms with Crippen LogP contribution >= 0.6 is 27.3 Å². The van der Waals surface area contributed by atoms with Crippen LogP contribution in [-0.4, -0.2) is 0 Å². The largest absolute Gasteiger partial charge is 0.324 e. The third-order valence-electron chi connectivity index (χ3n) is 3.30. The minimum absolute atomic E-state index is 0.0413. The second-order valence-corrected chi connectivity index (χ2v) is 6.46. The highest BCUT2D eigenvalue weighted by Gasteiger charge is 2.10. The van der Waals surface area contributed by atoms with Crippen molar-refractivity contribution in [2.24, 2.45) is 5.73 Å². The number of halogens is 1. The van der Waals surface area contributed by atoms with E-state index in [4.69, 9.17) is 5.73 Å². The summed E-state index contributed by atoms with van der Waals surface area (Å²) in [4.78, 5) is 1.31. The molecule has 0 bridgehead atoms. The molecule has 0 spiro atoms. The molecule has 19 heavy (non-hydrogen) atoms. The standard InChI is InChI=1S/C16H14BrNS/c17-14-7-8-19-16(14)10-15(18)13-6-5-11-3-1-2-4-12(11)9-13/h1-9,15H,10,18H2. The predicted molar refractivity (Wildman–Crippen MR) is 86.6 cm³/mol. The highest BCUT2D eigenvalue weighted by Crippen LogP contribution is 2.28. The molecule has 0 aliphatic heterocycles. The van der Waals surface area contributed by atoms with E-state index in [0.29, 0.717) is 0 Å². The van der Waals surface area contributed by atoms with Crippen molar-refractivity contribution in [1.29, 1.82) is 0 Å². The molecule has 1 atom stereocenters.